The number of hydrogen-bond acceptors (Lipinski definition) is 5. The maximum atomic E-state index is 12.7. The topological polar surface area (TPSA) is 71.5 Å². The van der Waals surface area contributed by atoms with Gasteiger partial charge in [-0.1, -0.05) is 29.0 Å². The molecule has 1 aliphatic rings. The van der Waals surface area contributed by atoms with Gasteiger partial charge in [-0.15, -0.1) is 0 Å². The Labute approximate surface area is 177 Å². The molecular weight excluding hydrogens is 410 g/mol. The molecule has 6 nitrogen and oxygen atoms in total. The largest absolute Gasteiger partial charge is 0.494 e. The van der Waals surface area contributed by atoms with Crippen LogP contribution in [-0.4, -0.2) is 29.9 Å². The van der Waals surface area contributed by atoms with Crippen molar-refractivity contribution in [3.05, 3.63) is 47.0 Å². The van der Waals surface area contributed by atoms with Gasteiger partial charge in [-0.05, 0) is 49.7 Å². The number of thiazole rings is 1. The number of aryl methyl sites for hydroxylation is 1. The molecule has 2 aromatic carbocycles. The Morgan fingerprint density at radius 1 is 1.34 bits per heavy atom. The average Bonchev–Trinajstić information content (AvgIpc) is 3.27. The van der Waals surface area contributed by atoms with Gasteiger partial charge in [-0.2, -0.15) is 0 Å². The maximum Gasteiger partial charge on any atom is 0.231 e. The molecule has 0 aliphatic carbocycles. The fraction of sp³-hybridized carbons (Fsp3) is 0.286. The van der Waals surface area contributed by atoms with Crippen molar-refractivity contribution in [3.8, 4) is 5.75 Å². The molecule has 1 aromatic heterocycles. The minimum Gasteiger partial charge on any atom is -0.494 e. The molecule has 1 aliphatic heterocycles. The van der Waals surface area contributed by atoms with Crippen LogP contribution in [0.2, 0.25) is 5.02 Å². The summed E-state index contributed by atoms with van der Waals surface area (Å²) in [6, 6.07) is 11.1. The SMILES string of the molecule is CCOc1ccc2nc(NC(=O)C3CC(=O)N(c4ccc(C)c(Cl)c4)C3)sc2c1. The lowest BCUT2D eigenvalue weighted by atomic mass is 10.1. The van der Waals surface area contributed by atoms with Gasteiger partial charge in [0.2, 0.25) is 11.8 Å². The van der Waals surface area contributed by atoms with Crippen LogP contribution in [0.3, 0.4) is 0 Å². The maximum absolute atomic E-state index is 12.7. The molecule has 0 bridgehead atoms. The van der Waals surface area contributed by atoms with E-state index in [-0.39, 0.29) is 18.2 Å². The number of anilines is 2. The molecular formula is C21H20ClN3O3S. The van der Waals surface area contributed by atoms with Gasteiger partial charge in [-0.25, -0.2) is 4.98 Å². The number of carbonyl (C=O) groups is 2. The van der Waals surface area contributed by atoms with Crippen molar-refractivity contribution in [1.82, 2.24) is 4.98 Å². The van der Waals surface area contributed by atoms with E-state index in [0.717, 1.165) is 21.5 Å². The van der Waals surface area contributed by atoms with Gasteiger partial charge in [0.05, 0.1) is 22.7 Å². The Bertz CT molecular complexity index is 1100. The van der Waals surface area contributed by atoms with E-state index in [4.69, 9.17) is 16.3 Å². The molecule has 29 heavy (non-hydrogen) atoms. The average molecular weight is 430 g/mol. The van der Waals surface area contributed by atoms with Crippen LogP contribution in [0.4, 0.5) is 10.8 Å². The molecule has 2 heterocycles. The summed E-state index contributed by atoms with van der Waals surface area (Å²) < 4.78 is 6.44. The zero-order valence-corrected chi connectivity index (χ0v) is 17.6. The molecule has 0 saturated carbocycles. The Balaban J connectivity index is 1.46. The number of amides is 2. The summed E-state index contributed by atoms with van der Waals surface area (Å²) in [6.45, 7) is 4.75. The van der Waals surface area contributed by atoms with Crippen molar-refractivity contribution in [1.29, 1.82) is 0 Å². The van der Waals surface area contributed by atoms with Crippen LogP contribution < -0.4 is 15.0 Å². The molecule has 1 atom stereocenters. The van der Waals surface area contributed by atoms with Crippen LogP contribution in [0.15, 0.2) is 36.4 Å². The number of aromatic nitrogens is 1. The summed E-state index contributed by atoms with van der Waals surface area (Å²) in [5, 5.41) is 3.98. The van der Waals surface area contributed by atoms with Gasteiger partial charge < -0.3 is 15.0 Å². The second kappa shape index (κ2) is 8.00. The van der Waals surface area contributed by atoms with Crippen LogP contribution in [0.5, 0.6) is 5.75 Å². The minimum atomic E-state index is -0.437. The van der Waals surface area contributed by atoms with Gasteiger partial charge in [0, 0.05) is 23.7 Å². The van der Waals surface area contributed by atoms with Crippen molar-refractivity contribution in [2.24, 2.45) is 5.92 Å². The Morgan fingerprint density at radius 3 is 2.93 bits per heavy atom. The monoisotopic (exact) mass is 429 g/mol. The number of halogens is 1. The summed E-state index contributed by atoms with van der Waals surface area (Å²) in [6.07, 6.45) is 0.163. The lowest BCUT2D eigenvalue weighted by molar-refractivity contribution is -0.122. The van der Waals surface area contributed by atoms with Crippen LogP contribution in [0.25, 0.3) is 10.2 Å². The minimum absolute atomic E-state index is 0.0873. The number of fused-ring (bicyclic) bond motifs is 1. The summed E-state index contributed by atoms with van der Waals surface area (Å²) in [5.74, 6) is 0.0442. The number of nitrogens with one attached hydrogen (secondary N) is 1. The highest BCUT2D eigenvalue weighted by atomic mass is 35.5. The van der Waals surface area contributed by atoms with E-state index in [1.165, 1.54) is 11.3 Å². The zero-order chi connectivity index (χ0) is 20.5. The van der Waals surface area contributed by atoms with Crippen molar-refractivity contribution in [2.75, 3.05) is 23.4 Å². The van der Waals surface area contributed by atoms with E-state index in [1.807, 2.05) is 44.2 Å². The molecule has 0 spiro atoms. The van der Waals surface area contributed by atoms with Crippen molar-refractivity contribution >= 4 is 55.8 Å². The normalized spacial score (nSPS) is 16.4. The first-order valence-electron chi connectivity index (χ1n) is 9.35. The first kappa shape index (κ1) is 19.7. The molecule has 1 unspecified atom stereocenters. The van der Waals surface area contributed by atoms with E-state index in [0.29, 0.717) is 29.0 Å². The van der Waals surface area contributed by atoms with Crippen LogP contribution in [0.1, 0.15) is 18.9 Å². The second-order valence-corrected chi connectivity index (χ2v) is 8.35. The molecule has 0 radical (unpaired) electrons. The van der Waals surface area contributed by atoms with Crippen LogP contribution in [-0.2, 0) is 9.59 Å². The van der Waals surface area contributed by atoms with E-state index >= 15 is 0 Å². The number of nitrogens with zero attached hydrogens (tertiary/aromatic N) is 2. The molecule has 1 N–H and O–H groups in total. The number of rotatable bonds is 5. The van der Waals surface area contributed by atoms with Gasteiger partial charge in [0.15, 0.2) is 5.13 Å². The second-order valence-electron chi connectivity index (χ2n) is 6.91. The highest BCUT2D eigenvalue weighted by Crippen LogP contribution is 2.32. The summed E-state index contributed by atoms with van der Waals surface area (Å²) in [5.41, 5.74) is 2.45. The van der Waals surface area contributed by atoms with Crippen molar-refractivity contribution < 1.29 is 14.3 Å². The van der Waals surface area contributed by atoms with E-state index in [1.54, 1.807) is 11.0 Å². The van der Waals surface area contributed by atoms with Gasteiger partial charge >= 0.3 is 0 Å². The van der Waals surface area contributed by atoms with Crippen LogP contribution in [0, 0.1) is 12.8 Å². The highest BCUT2D eigenvalue weighted by Gasteiger charge is 2.35. The Kier molecular flexibility index (Phi) is 5.43. The van der Waals surface area contributed by atoms with Gasteiger partial charge in [0.25, 0.3) is 0 Å². The van der Waals surface area contributed by atoms with Crippen molar-refractivity contribution in [2.45, 2.75) is 20.3 Å². The first-order valence-corrected chi connectivity index (χ1v) is 10.5. The summed E-state index contributed by atoms with van der Waals surface area (Å²) in [4.78, 5) is 31.3. The zero-order valence-electron chi connectivity index (χ0n) is 16.1. The molecule has 3 aromatic rings. The molecule has 2 amide bonds. The van der Waals surface area contributed by atoms with E-state index in [2.05, 4.69) is 10.3 Å². The third-order valence-electron chi connectivity index (χ3n) is 4.86. The number of hydrogen-bond donors (Lipinski definition) is 1. The standard InChI is InChI=1S/C21H20ClN3O3S/c1-3-28-15-6-7-17-18(10-15)29-21(23-17)24-20(27)13-8-19(26)25(11-13)14-5-4-12(2)16(22)9-14/h4-7,9-10,13H,3,8,11H2,1-2H3,(H,23,24,27). The fourth-order valence-electron chi connectivity index (χ4n) is 3.30. The Morgan fingerprint density at radius 2 is 2.17 bits per heavy atom. The summed E-state index contributed by atoms with van der Waals surface area (Å²) >= 11 is 7.57. The lowest BCUT2D eigenvalue weighted by Crippen LogP contribution is -2.28. The predicted molar refractivity (Wildman–Crippen MR) is 116 cm³/mol. The first-order chi connectivity index (χ1) is 13.9. The molecule has 4 rings (SSSR count). The molecule has 1 fully saturated rings. The number of ether oxygens (including phenoxy) is 1. The third kappa shape index (κ3) is 4.06. The molecule has 8 heteroatoms. The number of carbonyl (C=O) groups excluding carboxylic acids is 2. The third-order valence-corrected chi connectivity index (χ3v) is 6.20. The molecule has 150 valence electrons. The van der Waals surface area contributed by atoms with Gasteiger partial charge in [-0.3, -0.25) is 9.59 Å². The summed E-state index contributed by atoms with van der Waals surface area (Å²) in [7, 11) is 0. The van der Waals surface area contributed by atoms with Crippen LogP contribution >= 0.6 is 22.9 Å². The van der Waals surface area contributed by atoms with E-state index in [9.17, 15) is 9.59 Å². The fourth-order valence-corrected chi connectivity index (χ4v) is 4.38. The number of benzene rings is 2. The smallest absolute Gasteiger partial charge is 0.231 e. The van der Waals surface area contributed by atoms with Gasteiger partial charge in [0.1, 0.15) is 5.75 Å². The predicted octanol–water partition coefficient (Wildman–Crippen LogP) is 4.65. The lowest BCUT2D eigenvalue weighted by Gasteiger charge is -2.17. The highest BCUT2D eigenvalue weighted by molar-refractivity contribution is 7.22. The molecule has 1 saturated heterocycles. The Hall–Kier alpha value is -2.64. The quantitative estimate of drug-likeness (QED) is 0.640. The van der Waals surface area contributed by atoms with Crippen molar-refractivity contribution in [3.63, 3.8) is 0 Å². The van der Waals surface area contributed by atoms with E-state index < -0.39 is 5.92 Å².